The van der Waals surface area contributed by atoms with E-state index in [0.29, 0.717) is 44.7 Å². The Morgan fingerprint density at radius 3 is 2.14 bits per heavy atom. The van der Waals surface area contributed by atoms with E-state index in [4.69, 9.17) is 31.2 Å². The van der Waals surface area contributed by atoms with E-state index in [1.165, 1.54) is 0 Å². The summed E-state index contributed by atoms with van der Waals surface area (Å²) in [6.07, 6.45) is 6.42. The molecule has 42 heavy (non-hydrogen) atoms. The molecule has 3 aromatic heterocycles. The number of hydrogen-bond donors (Lipinski definition) is 1. The Morgan fingerprint density at radius 2 is 1.62 bits per heavy atom. The van der Waals surface area contributed by atoms with Gasteiger partial charge in [-0.1, -0.05) is 50.9 Å². The molecule has 0 aliphatic heterocycles. The summed E-state index contributed by atoms with van der Waals surface area (Å²) in [4.78, 5) is 23.1. The number of anilines is 1. The lowest BCUT2D eigenvalue weighted by atomic mass is 9.80. The number of nitrogens with zero attached hydrogens (tertiary/aromatic N) is 5. The van der Waals surface area contributed by atoms with E-state index < -0.39 is 22.1 Å². The molecule has 0 unspecified atom stereocenters. The van der Waals surface area contributed by atoms with Crippen LogP contribution in [0.4, 0.5) is 5.82 Å². The minimum Gasteiger partial charge on any atom is -0.481 e. The van der Waals surface area contributed by atoms with Gasteiger partial charge in [0.25, 0.3) is 0 Å². The van der Waals surface area contributed by atoms with Crippen molar-refractivity contribution in [2.45, 2.75) is 83.0 Å². The number of aromatic nitrogens is 4. The molecule has 1 aliphatic rings. The second-order valence-electron chi connectivity index (χ2n) is 13.8. The lowest BCUT2D eigenvalue weighted by molar-refractivity contribution is -0.142. The van der Waals surface area contributed by atoms with Gasteiger partial charge in [-0.15, -0.1) is 0 Å². The van der Waals surface area contributed by atoms with Crippen LogP contribution in [0, 0.1) is 5.92 Å². The van der Waals surface area contributed by atoms with Gasteiger partial charge in [-0.2, -0.15) is 9.61 Å². The SMILES string of the molecule is C[Si](C)(C)CCOCN(COCC[Si](C)(C)C)c1cc(C2CCC(C(=O)O)CC2)nc2c(-c3ccc(Cl)nc3)cnn12. The molecule has 0 radical (unpaired) electrons. The lowest BCUT2D eigenvalue weighted by Gasteiger charge is -2.29. The Bertz CT molecular complexity index is 1310. The van der Waals surface area contributed by atoms with Crippen LogP contribution in [0.1, 0.15) is 37.3 Å². The average molecular weight is 632 g/mol. The Hall–Kier alpha value is -2.32. The van der Waals surface area contributed by atoms with Crippen LogP contribution in [0.5, 0.6) is 0 Å². The highest BCUT2D eigenvalue weighted by molar-refractivity contribution is 6.76. The maximum absolute atomic E-state index is 11.6. The van der Waals surface area contributed by atoms with Crippen molar-refractivity contribution >= 4 is 45.2 Å². The van der Waals surface area contributed by atoms with Gasteiger partial charge in [0, 0.05) is 64.4 Å². The van der Waals surface area contributed by atoms with Crippen LogP contribution in [0.3, 0.4) is 0 Å². The topological polar surface area (TPSA) is 102 Å². The van der Waals surface area contributed by atoms with Crippen LogP contribution in [0.2, 0.25) is 56.5 Å². The quantitative estimate of drug-likeness (QED) is 0.0860. The molecule has 1 fully saturated rings. The van der Waals surface area contributed by atoms with E-state index in [-0.39, 0.29) is 11.8 Å². The van der Waals surface area contributed by atoms with Gasteiger partial charge in [0.2, 0.25) is 0 Å². The summed E-state index contributed by atoms with van der Waals surface area (Å²) in [5, 5.41) is 14.7. The Morgan fingerprint density at radius 1 is 1.00 bits per heavy atom. The van der Waals surface area contributed by atoms with Crippen LogP contribution in [-0.2, 0) is 14.3 Å². The number of hydrogen-bond acceptors (Lipinski definition) is 7. The lowest BCUT2D eigenvalue weighted by Crippen LogP contribution is -2.33. The molecule has 3 aromatic rings. The minimum atomic E-state index is -1.24. The summed E-state index contributed by atoms with van der Waals surface area (Å²) >= 11 is 6.08. The molecule has 4 rings (SSSR count). The van der Waals surface area contributed by atoms with Gasteiger partial charge in [-0.3, -0.25) is 4.79 Å². The van der Waals surface area contributed by atoms with Crippen molar-refractivity contribution < 1.29 is 19.4 Å². The van der Waals surface area contributed by atoms with Crippen molar-refractivity contribution in [3.05, 3.63) is 41.4 Å². The van der Waals surface area contributed by atoms with Crippen LogP contribution in [0.25, 0.3) is 16.8 Å². The summed E-state index contributed by atoms with van der Waals surface area (Å²) in [6.45, 7) is 16.2. The first-order valence-corrected chi connectivity index (χ1v) is 22.7. The number of rotatable bonds is 14. The number of carboxylic acid groups (broad SMARTS) is 1. The fraction of sp³-hybridized carbons (Fsp3) is 0.600. The molecule has 1 N–H and O–H groups in total. The summed E-state index contributed by atoms with van der Waals surface area (Å²) < 4.78 is 14.3. The molecule has 0 bridgehead atoms. The monoisotopic (exact) mass is 631 g/mol. The number of halogens is 1. The molecule has 0 saturated heterocycles. The van der Waals surface area contributed by atoms with Crippen LogP contribution >= 0.6 is 11.6 Å². The fourth-order valence-electron chi connectivity index (χ4n) is 5.05. The number of ether oxygens (including phenoxy) is 2. The molecule has 12 heteroatoms. The highest BCUT2D eigenvalue weighted by Gasteiger charge is 2.29. The maximum Gasteiger partial charge on any atom is 0.306 e. The molecule has 0 atom stereocenters. The van der Waals surface area contributed by atoms with E-state index in [9.17, 15) is 9.90 Å². The molecular weight excluding hydrogens is 586 g/mol. The number of carbonyl (C=O) groups is 1. The van der Waals surface area contributed by atoms with Gasteiger partial charge in [-0.05, 0) is 49.9 Å². The normalized spacial score (nSPS) is 18.0. The highest BCUT2D eigenvalue weighted by atomic mass is 35.5. The first-order valence-electron chi connectivity index (χ1n) is 14.9. The van der Waals surface area contributed by atoms with Crippen molar-refractivity contribution in [2.24, 2.45) is 5.92 Å². The smallest absolute Gasteiger partial charge is 0.306 e. The third-order valence-corrected chi connectivity index (χ3v) is 11.4. The fourth-order valence-corrected chi connectivity index (χ4v) is 6.68. The summed E-state index contributed by atoms with van der Waals surface area (Å²) in [6, 6.07) is 7.95. The number of aliphatic carboxylic acids is 1. The number of pyridine rings is 1. The third-order valence-electron chi connectivity index (χ3n) is 7.82. The summed E-state index contributed by atoms with van der Waals surface area (Å²) in [5.74, 6) is 0.0246. The predicted molar refractivity (Wildman–Crippen MR) is 174 cm³/mol. The molecule has 3 heterocycles. The van der Waals surface area contributed by atoms with Crippen LogP contribution in [-0.4, -0.2) is 73.5 Å². The molecule has 0 amide bonds. The van der Waals surface area contributed by atoms with Gasteiger partial charge in [0.15, 0.2) is 5.65 Å². The van der Waals surface area contributed by atoms with Gasteiger partial charge < -0.3 is 19.5 Å². The Balaban J connectivity index is 1.70. The van der Waals surface area contributed by atoms with Crippen molar-refractivity contribution in [1.29, 1.82) is 0 Å². The van der Waals surface area contributed by atoms with Crippen LogP contribution in [0.15, 0.2) is 30.6 Å². The summed E-state index contributed by atoms with van der Waals surface area (Å²) in [5.41, 5.74) is 3.41. The van der Waals surface area contributed by atoms with Crippen molar-refractivity contribution in [3.8, 4) is 11.1 Å². The number of carboxylic acids is 1. The van der Waals surface area contributed by atoms with Crippen molar-refractivity contribution in [3.63, 3.8) is 0 Å². The first-order chi connectivity index (χ1) is 19.8. The zero-order valence-corrected chi connectivity index (χ0v) is 28.7. The zero-order valence-electron chi connectivity index (χ0n) is 25.9. The van der Waals surface area contributed by atoms with E-state index in [2.05, 4.69) is 55.2 Å². The molecule has 0 aromatic carbocycles. The van der Waals surface area contributed by atoms with E-state index in [1.807, 2.05) is 16.8 Å². The van der Waals surface area contributed by atoms with E-state index in [1.54, 1.807) is 12.3 Å². The zero-order chi connectivity index (χ0) is 30.5. The first kappa shape index (κ1) is 32.6. The maximum atomic E-state index is 11.6. The van der Waals surface area contributed by atoms with Gasteiger partial charge in [0.05, 0.1) is 12.1 Å². The standard InChI is InChI=1S/C30H46ClN5O4Si2/c1-41(2,3)15-13-39-20-35(21-40-14-16-42(4,5)6)28-17-26(22-7-9-23(10-8-22)30(37)38)34-29-25(19-33-36(28)29)24-11-12-27(31)32-18-24/h11-12,17-19,22-23H,7-10,13-16,20-21H2,1-6H3,(H,37,38). The molecule has 230 valence electrons. The molecule has 1 aliphatic carbocycles. The minimum absolute atomic E-state index is 0.165. The van der Waals surface area contributed by atoms with E-state index in [0.717, 1.165) is 53.2 Å². The molecular formula is C30H46ClN5O4Si2. The largest absolute Gasteiger partial charge is 0.481 e. The Kier molecular flexibility index (Phi) is 10.8. The number of fused-ring (bicyclic) bond motifs is 1. The molecule has 9 nitrogen and oxygen atoms in total. The van der Waals surface area contributed by atoms with Crippen LogP contribution < -0.4 is 4.90 Å². The van der Waals surface area contributed by atoms with Crippen molar-refractivity contribution in [1.82, 2.24) is 19.6 Å². The highest BCUT2D eigenvalue weighted by Crippen LogP contribution is 2.37. The second-order valence-corrected chi connectivity index (χ2v) is 25.5. The van der Waals surface area contributed by atoms with E-state index >= 15 is 0 Å². The summed E-state index contributed by atoms with van der Waals surface area (Å²) in [7, 11) is -2.49. The molecule has 1 saturated carbocycles. The van der Waals surface area contributed by atoms with Crippen molar-refractivity contribution in [2.75, 3.05) is 31.6 Å². The Labute approximate surface area is 256 Å². The second kappa shape index (κ2) is 14.0. The third kappa shape index (κ3) is 9.09. The predicted octanol–water partition coefficient (Wildman–Crippen LogP) is 7.23. The molecule has 0 spiro atoms. The average Bonchev–Trinajstić information content (AvgIpc) is 3.35. The van der Waals surface area contributed by atoms with Gasteiger partial charge in [0.1, 0.15) is 24.4 Å². The van der Waals surface area contributed by atoms with Gasteiger partial charge >= 0.3 is 5.97 Å². The van der Waals surface area contributed by atoms with Gasteiger partial charge in [-0.25, -0.2) is 9.97 Å².